The molecule has 4 nitrogen and oxygen atoms in total. The molecule has 4 N–H and O–H groups in total. The lowest BCUT2D eigenvalue weighted by molar-refractivity contribution is -0.0300. The molecule has 1 aliphatic carbocycles. The van der Waals surface area contributed by atoms with Crippen LogP contribution in [-0.2, 0) is 0 Å². The molecule has 0 saturated heterocycles. The molecule has 0 spiro atoms. The maximum atomic E-state index is 11.8. The van der Waals surface area contributed by atoms with Gasteiger partial charge in [0.05, 0.1) is 11.2 Å². The van der Waals surface area contributed by atoms with Crippen LogP contribution < -0.4 is 11.1 Å². The van der Waals surface area contributed by atoms with Crippen LogP contribution in [-0.4, -0.2) is 23.2 Å². The predicted octanol–water partition coefficient (Wildman–Crippen LogP) is 1.57. The van der Waals surface area contributed by atoms with Crippen LogP contribution in [0.2, 0.25) is 5.02 Å². The standard InChI is InChI=1S/C12H15ClN2O2/c13-8-2-3-9(10(14)6-8)11(16)15-7-12(17)4-1-5-12/h2-3,6,17H,1,4-5,7,14H2,(H,15,16). The van der Waals surface area contributed by atoms with E-state index in [2.05, 4.69) is 5.32 Å². The average molecular weight is 255 g/mol. The summed E-state index contributed by atoms with van der Waals surface area (Å²) >= 11 is 5.75. The highest BCUT2D eigenvalue weighted by atomic mass is 35.5. The van der Waals surface area contributed by atoms with Gasteiger partial charge < -0.3 is 16.2 Å². The predicted molar refractivity (Wildman–Crippen MR) is 67.0 cm³/mol. The van der Waals surface area contributed by atoms with Crippen LogP contribution in [0.15, 0.2) is 18.2 Å². The van der Waals surface area contributed by atoms with Crippen molar-refractivity contribution in [1.29, 1.82) is 0 Å². The Balaban J connectivity index is 1.99. The van der Waals surface area contributed by atoms with E-state index < -0.39 is 5.60 Å². The van der Waals surface area contributed by atoms with Gasteiger partial charge in [-0.3, -0.25) is 4.79 Å². The van der Waals surface area contributed by atoms with E-state index >= 15 is 0 Å². The van der Waals surface area contributed by atoms with Crippen molar-refractivity contribution >= 4 is 23.2 Å². The molecule has 0 atom stereocenters. The molecular weight excluding hydrogens is 240 g/mol. The highest BCUT2D eigenvalue weighted by Crippen LogP contribution is 2.30. The molecule has 1 saturated carbocycles. The Hall–Kier alpha value is -1.26. The SMILES string of the molecule is Nc1cc(Cl)ccc1C(=O)NCC1(O)CCC1. The summed E-state index contributed by atoms with van der Waals surface area (Å²) in [6.45, 7) is 0.272. The Morgan fingerprint density at radius 1 is 1.53 bits per heavy atom. The van der Waals surface area contributed by atoms with Crippen molar-refractivity contribution in [3.63, 3.8) is 0 Å². The van der Waals surface area contributed by atoms with Gasteiger partial charge in [0, 0.05) is 17.3 Å². The van der Waals surface area contributed by atoms with E-state index in [0.29, 0.717) is 16.3 Å². The minimum Gasteiger partial charge on any atom is -0.398 e. The lowest BCUT2D eigenvalue weighted by Crippen LogP contribution is -2.47. The first-order chi connectivity index (χ1) is 8.00. The van der Waals surface area contributed by atoms with Crippen LogP contribution in [0.25, 0.3) is 0 Å². The molecule has 1 aliphatic rings. The monoisotopic (exact) mass is 254 g/mol. The Kier molecular flexibility index (Phi) is 3.26. The van der Waals surface area contributed by atoms with Gasteiger partial charge in [0.2, 0.25) is 0 Å². The average Bonchev–Trinajstić information content (AvgIpc) is 2.23. The zero-order chi connectivity index (χ0) is 12.5. The van der Waals surface area contributed by atoms with Crippen LogP contribution >= 0.6 is 11.6 Å². The van der Waals surface area contributed by atoms with Crippen molar-refractivity contribution in [3.05, 3.63) is 28.8 Å². The van der Waals surface area contributed by atoms with E-state index in [4.69, 9.17) is 17.3 Å². The van der Waals surface area contributed by atoms with E-state index in [1.165, 1.54) is 6.07 Å². The number of nitrogens with two attached hydrogens (primary N) is 1. The van der Waals surface area contributed by atoms with E-state index in [1.54, 1.807) is 12.1 Å². The zero-order valence-corrected chi connectivity index (χ0v) is 10.1. The minimum absolute atomic E-state index is 0.272. The zero-order valence-electron chi connectivity index (χ0n) is 9.37. The van der Waals surface area contributed by atoms with E-state index in [9.17, 15) is 9.90 Å². The maximum absolute atomic E-state index is 11.8. The molecule has 0 aliphatic heterocycles. The summed E-state index contributed by atoms with van der Waals surface area (Å²) in [7, 11) is 0. The van der Waals surface area contributed by atoms with Gasteiger partial charge >= 0.3 is 0 Å². The van der Waals surface area contributed by atoms with E-state index in [0.717, 1.165) is 19.3 Å². The molecule has 1 aromatic carbocycles. The second kappa shape index (κ2) is 4.55. The second-order valence-corrected chi connectivity index (χ2v) is 4.93. The Morgan fingerprint density at radius 3 is 2.76 bits per heavy atom. The van der Waals surface area contributed by atoms with E-state index in [-0.39, 0.29) is 12.5 Å². The number of nitrogens with one attached hydrogen (secondary N) is 1. The first kappa shape index (κ1) is 12.2. The molecule has 0 heterocycles. The van der Waals surface area contributed by atoms with Crippen LogP contribution in [0, 0.1) is 0 Å². The van der Waals surface area contributed by atoms with Crippen LogP contribution in [0.5, 0.6) is 0 Å². The summed E-state index contributed by atoms with van der Waals surface area (Å²) in [6.07, 6.45) is 2.49. The largest absolute Gasteiger partial charge is 0.398 e. The van der Waals surface area contributed by atoms with Gasteiger partial charge in [-0.2, -0.15) is 0 Å². The van der Waals surface area contributed by atoms with Gasteiger partial charge in [-0.1, -0.05) is 11.6 Å². The van der Waals surface area contributed by atoms with Crippen LogP contribution in [0.3, 0.4) is 0 Å². The summed E-state index contributed by atoms with van der Waals surface area (Å²) in [5, 5.41) is 13.0. The maximum Gasteiger partial charge on any atom is 0.253 e. The van der Waals surface area contributed by atoms with Crippen LogP contribution in [0.1, 0.15) is 29.6 Å². The fourth-order valence-corrected chi connectivity index (χ4v) is 2.02. The Morgan fingerprint density at radius 2 is 2.24 bits per heavy atom. The smallest absolute Gasteiger partial charge is 0.253 e. The molecular formula is C12H15ClN2O2. The Labute approximate surface area is 105 Å². The molecule has 1 fully saturated rings. The lowest BCUT2D eigenvalue weighted by atomic mass is 9.80. The number of hydrogen-bond donors (Lipinski definition) is 3. The highest BCUT2D eigenvalue weighted by molar-refractivity contribution is 6.31. The molecule has 92 valence electrons. The summed E-state index contributed by atoms with van der Waals surface area (Å²) in [5.74, 6) is -0.278. The second-order valence-electron chi connectivity index (χ2n) is 4.49. The van der Waals surface area contributed by atoms with Gasteiger partial charge in [0.15, 0.2) is 0 Å². The minimum atomic E-state index is -0.725. The molecule has 2 rings (SSSR count). The molecule has 0 unspecified atom stereocenters. The lowest BCUT2D eigenvalue weighted by Gasteiger charge is -2.36. The first-order valence-electron chi connectivity index (χ1n) is 5.56. The van der Waals surface area contributed by atoms with Crippen molar-refractivity contribution in [3.8, 4) is 0 Å². The van der Waals surface area contributed by atoms with Crippen molar-refractivity contribution in [2.24, 2.45) is 0 Å². The van der Waals surface area contributed by atoms with Crippen molar-refractivity contribution < 1.29 is 9.90 Å². The molecule has 17 heavy (non-hydrogen) atoms. The number of amides is 1. The summed E-state index contributed by atoms with van der Waals surface area (Å²) in [6, 6.07) is 4.73. The molecule has 5 heteroatoms. The third-order valence-electron chi connectivity index (χ3n) is 3.12. The van der Waals surface area contributed by atoms with E-state index in [1.807, 2.05) is 0 Å². The fourth-order valence-electron chi connectivity index (χ4n) is 1.84. The van der Waals surface area contributed by atoms with Crippen molar-refractivity contribution in [1.82, 2.24) is 5.32 Å². The van der Waals surface area contributed by atoms with Crippen molar-refractivity contribution in [2.45, 2.75) is 24.9 Å². The fraction of sp³-hybridized carbons (Fsp3) is 0.417. The molecule has 0 bridgehead atoms. The third kappa shape index (κ3) is 2.70. The third-order valence-corrected chi connectivity index (χ3v) is 3.36. The number of nitrogen functional groups attached to an aromatic ring is 1. The number of rotatable bonds is 3. The van der Waals surface area contributed by atoms with Crippen molar-refractivity contribution in [2.75, 3.05) is 12.3 Å². The Bertz CT molecular complexity index is 444. The number of aliphatic hydroxyl groups is 1. The number of hydrogen-bond acceptors (Lipinski definition) is 3. The summed E-state index contributed by atoms with van der Waals surface area (Å²) in [4.78, 5) is 11.8. The van der Waals surface area contributed by atoms with Gasteiger partial charge in [-0.25, -0.2) is 0 Å². The van der Waals surface area contributed by atoms with Gasteiger partial charge in [0.25, 0.3) is 5.91 Å². The first-order valence-corrected chi connectivity index (χ1v) is 5.94. The highest BCUT2D eigenvalue weighted by Gasteiger charge is 2.34. The molecule has 0 aromatic heterocycles. The van der Waals surface area contributed by atoms with Gasteiger partial charge in [0.1, 0.15) is 0 Å². The number of halogens is 1. The summed E-state index contributed by atoms with van der Waals surface area (Å²) < 4.78 is 0. The number of benzene rings is 1. The van der Waals surface area contributed by atoms with Crippen LogP contribution in [0.4, 0.5) is 5.69 Å². The van der Waals surface area contributed by atoms with Gasteiger partial charge in [-0.15, -0.1) is 0 Å². The number of carbonyl (C=O) groups is 1. The normalized spacial score (nSPS) is 17.3. The number of anilines is 1. The quantitative estimate of drug-likeness (QED) is 0.717. The topological polar surface area (TPSA) is 75.4 Å². The molecule has 0 radical (unpaired) electrons. The number of carbonyl (C=O) groups excluding carboxylic acids is 1. The molecule has 1 amide bonds. The summed E-state index contributed by atoms with van der Waals surface area (Å²) in [5.41, 5.74) is 5.70. The molecule has 1 aromatic rings. The van der Waals surface area contributed by atoms with Gasteiger partial charge in [-0.05, 0) is 37.5 Å².